The van der Waals surface area contributed by atoms with Crippen LogP contribution in [0, 0.1) is 39.3 Å². The third kappa shape index (κ3) is 25.9. The number of hydrogen-bond acceptors (Lipinski definition) is 16. The maximum atomic E-state index is 11.6. The first-order chi connectivity index (χ1) is 50.2. The van der Waals surface area contributed by atoms with Crippen LogP contribution in [0.2, 0.25) is 39.3 Å². The summed E-state index contributed by atoms with van der Waals surface area (Å²) < 4.78 is 8.19. The molecule has 0 aliphatic carbocycles. The molecule has 24 nitrogen and oxygen atoms in total. The third-order valence-corrected chi connectivity index (χ3v) is 22.2. The van der Waals surface area contributed by atoms with E-state index in [4.69, 9.17) is 18.6 Å². The fourth-order valence-corrected chi connectivity index (χ4v) is 13.5. The van der Waals surface area contributed by atoms with Gasteiger partial charge in [0.15, 0.2) is 0 Å². The van der Waals surface area contributed by atoms with Gasteiger partial charge in [-0.1, -0.05) is 51.1 Å². The molecule has 6 aliphatic heterocycles. The number of hydrogen-bond donors (Lipinski definition) is 4. The zero-order valence-electron chi connectivity index (χ0n) is 62.0. The van der Waals surface area contributed by atoms with Crippen LogP contribution in [0.5, 0.6) is 0 Å². The number of carbonyl (C=O) groups is 6. The van der Waals surface area contributed by atoms with Gasteiger partial charge in [0.2, 0.25) is 35.4 Å². The van der Waals surface area contributed by atoms with Gasteiger partial charge in [-0.15, -0.1) is 23.9 Å². The lowest BCUT2D eigenvalue weighted by atomic mass is 10.2. The Hall–Kier alpha value is -8.56. The molecule has 8 aromatic heterocycles. The van der Waals surface area contributed by atoms with E-state index in [2.05, 4.69) is 200 Å². The summed E-state index contributed by atoms with van der Waals surface area (Å²) in [7, 11) is 8.40. The van der Waals surface area contributed by atoms with Crippen LogP contribution in [0.1, 0.15) is 61.7 Å². The van der Waals surface area contributed by atoms with Crippen molar-refractivity contribution in [1.29, 1.82) is 0 Å². The van der Waals surface area contributed by atoms with Crippen LogP contribution in [-0.2, 0) is 28.8 Å². The Kier molecular flexibility index (Phi) is 31.9. The topological polar surface area (TPSA) is 271 Å². The number of nitrogens with zero attached hydrogens (tertiary/aromatic N) is 14. The van der Waals surface area contributed by atoms with Gasteiger partial charge in [-0.25, -0.2) is 29.9 Å². The molecular formula is C76H94Br3IN18O6Si2. The number of likely N-dealkylation sites (N-methyl/N-ethyl adjacent to an activating group) is 6. The van der Waals surface area contributed by atoms with E-state index in [-0.39, 0.29) is 71.7 Å². The van der Waals surface area contributed by atoms with E-state index in [1.807, 2.05) is 101 Å². The van der Waals surface area contributed by atoms with Crippen LogP contribution in [-0.4, -0.2) is 226 Å². The first kappa shape index (κ1) is 84.7. The van der Waals surface area contributed by atoms with Crippen LogP contribution < -0.4 is 21.7 Å². The molecule has 14 rings (SSSR count). The normalized spacial score (nSPS) is 19.4. The predicted octanol–water partition coefficient (Wildman–Crippen LogP) is 10.9. The summed E-state index contributed by atoms with van der Waals surface area (Å²) in [6.07, 6.45) is 28.3. The second kappa shape index (κ2) is 39.9. The van der Waals surface area contributed by atoms with Crippen molar-refractivity contribution in [2.24, 2.45) is 5.73 Å². The fraction of sp³-hybridized carbons (Fsp3) is 0.395. The predicted molar refractivity (Wildman–Crippen MR) is 444 cm³/mol. The quantitative estimate of drug-likeness (QED) is 0.0476. The number of fused-ring (bicyclic) bond motifs is 2. The Labute approximate surface area is 663 Å². The van der Waals surface area contributed by atoms with Gasteiger partial charge >= 0.3 is 0 Å². The Bertz CT molecular complexity index is 4510. The largest absolute Gasteiger partial charge is 0.364 e. The molecule has 0 bridgehead atoms. The van der Waals surface area contributed by atoms with Crippen LogP contribution >= 0.6 is 70.4 Å². The zero-order chi connectivity index (χ0) is 77.6. The minimum atomic E-state index is -1.41. The smallest absolute Gasteiger partial charge is 0.224 e. The SMILES string of the molecule is Brc1cccnc1Br.C#C[Si](C)(C)C.C#Cc1cccnc1NC1CC(=O)N(C)C1.CN1CC(N)CC1=O.CN1CC(Nc2ncccc2Br)CC1=O.CN1CC(Nc2ncccc2C#C[Si](C)(C)C)CC1=O.CN1CC(n2cc(I)c3cccnc32)CC1=O.CN1CC(n2ccc3cccnc32)CC1=O. The number of carbonyl (C=O) groups excluding carboxylic acids is 6. The van der Waals surface area contributed by atoms with Gasteiger partial charge in [-0.05, 0) is 149 Å². The van der Waals surface area contributed by atoms with Gasteiger partial charge in [0.1, 0.15) is 49.5 Å². The fourth-order valence-electron chi connectivity index (χ4n) is 11.4. The van der Waals surface area contributed by atoms with E-state index in [0.717, 1.165) is 91.1 Å². The molecule has 560 valence electrons. The number of amides is 6. The van der Waals surface area contributed by atoms with E-state index < -0.39 is 16.1 Å². The van der Waals surface area contributed by atoms with Gasteiger partial charge in [-0.3, -0.25) is 28.8 Å². The summed E-state index contributed by atoms with van der Waals surface area (Å²) in [5.74, 6) is 9.15. The van der Waals surface area contributed by atoms with Crippen LogP contribution in [0.3, 0.4) is 0 Å². The van der Waals surface area contributed by atoms with Crippen molar-refractivity contribution in [3.05, 3.63) is 157 Å². The second-order valence-corrected chi connectivity index (χ2v) is 41.5. The molecule has 0 spiro atoms. The Morgan fingerprint density at radius 3 is 1.29 bits per heavy atom. The first-order valence-corrected chi connectivity index (χ1v) is 44.9. The van der Waals surface area contributed by atoms with Crippen LogP contribution in [0.15, 0.2) is 142 Å². The Morgan fingerprint density at radius 1 is 0.472 bits per heavy atom. The average molecular weight is 1780 g/mol. The molecule has 30 heteroatoms. The van der Waals surface area contributed by atoms with Gasteiger partial charge in [0.25, 0.3) is 0 Å². The number of terminal acetylenes is 2. The molecule has 6 fully saturated rings. The molecule has 6 unspecified atom stereocenters. The standard InChI is InChI=1S/C15H21N3OSi.C12H12IN3O.2C12H13N3O.C10H12BrN3O.C5H3Br2N.C5H10N2O.C5H10Si/c1-18-11-13(10-14(18)19)17-15-12(6-5-8-16-15)7-9-20(2,3)4;1-15-6-8(5-11(15)17)16-7-10(13)9-3-2-4-14-12(9)16;1-14-8-10(7-11(14)16)15-6-4-9-3-2-5-13-12(9)15;1-3-9-5-4-6-13-12(9)14-10-7-11(16)15(2)8-10;1-14-6-7(5-9(14)15)13-10-8(11)3-2-4-12-10;6-4-2-1-3-8-5(4)7;1-7-3-4(6)2-5(7)8;1-5-6(2,3)4/h5-6,8,13H,10-11H2,1-4H3,(H,16,17);2-4,7-8H,5-6H2,1H3;2-6,10H,7-8H2,1H3;1,4-6,10H,7-8H2,2H3,(H,13,14);2-4,7H,5-6H2,1H3,(H,12,13);1-3H;4H,2-3,6H2,1H3;1H,2-4H3. The molecule has 8 aromatic rings. The summed E-state index contributed by atoms with van der Waals surface area (Å²) in [6.45, 7) is 17.5. The van der Waals surface area contributed by atoms with E-state index in [9.17, 15) is 28.8 Å². The maximum absolute atomic E-state index is 11.6. The highest BCUT2D eigenvalue weighted by Crippen LogP contribution is 2.31. The molecule has 14 heterocycles. The lowest BCUT2D eigenvalue weighted by Crippen LogP contribution is -2.25. The summed E-state index contributed by atoms with van der Waals surface area (Å²) in [6, 6.07) is 26.0. The number of halogens is 4. The van der Waals surface area contributed by atoms with E-state index in [1.54, 1.807) is 86.7 Å². The van der Waals surface area contributed by atoms with Gasteiger partial charge in [-0.2, -0.15) is 0 Å². The lowest BCUT2D eigenvalue weighted by molar-refractivity contribution is -0.127. The van der Waals surface area contributed by atoms with Crippen molar-refractivity contribution < 1.29 is 28.8 Å². The van der Waals surface area contributed by atoms with Crippen LogP contribution in [0.25, 0.3) is 22.1 Å². The Morgan fingerprint density at radius 2 is 0.877 bits per heavy atom. The molecule has 6 atom stereocenters. The zero-order valence-corrected chi connectivity index (χ0v) is 70.9. The van der Waals surface area contributed by atoms with Crippen molar-refractivity contribution in [1.82, 2.24) is 68.4 Å². The lowest BCUT2D eigenvalue weighted by Gasteiger charge is -2.14. The molecule has 5 N–H and O–H groups in total. The summed E-state index contributed by atoms with van der Waals surface area (Å²) in [5, 5.41) is 12.1. The molecule has 106 heavy (non-hydrogen) atoms. The van der Waals surface area contributed by atoms with Crippen molar-refractivity contribution >= 4 is 161 Å². The average Bonchev–Trinajstić information content (AvgIpc) is 1.64. The van der Waals surface area contributed by atoms with Gasteiger partial charge < -0.3 is 60.2 Å². The van der Waals surface area contributed by atoms with E-state index in [1.165, 1.54) is 3.57 Å². The molecule has 6 amide bonds. The molecule has 6 saturated heterocycles. The number of anilines is 3. The highest BCUT2D eigenvalue weighted by atomic mass is 127. The van der Waals surface area contributed by atoms with Gasteiger partial charge in [0, 0.05) is 190 Å². The molecular weight excluding hydrogens is 1680 g/mol. The number of likely N-dealkylation sites (tertiary alicyclic amines) is 6. The van der Waals surface area contributed by atoms with Crippen molar-refractivity contribution in [2.45, 2.75) is 114 Å². The van der Waals surface area contributed by atoms with E-state index in [0.29, 0.717) is 50.9 Å². The third-order valence-electron chi connectivity index (χ3n) is 17.1. The second-order valence-electron chi connectivity index (χ2n) is 28.3. The maximum Gasteiger partial charge on any atom is 0.224 e. The highest BCUT2D eigenvalue weighted by molar-refractivity contribution is 14.1. The summed E-state index contributed by atoms with van der Waals surface area (Å²) >= 11 is 12.2. The molecule has 6 aliphatic rings. The van der Waals surface area contributed by atoms with Gasteiger partial charge in [0.05, 0.1) is 50.3 Å². The highest BCUT2D eigenvalue weighted by Gasteiger charge is 2.33. The van der Waals surface area contributed by atoms with E-state index >= 15 is 0 Å². The molecule has 0 radical (unpaired) electrons. The number of nitrogens with two attached hydrogens (primary N) is 1. The van der Waals surface area contributed by atoms with Crippen LogP contribution in [0.4, 0.5) is 17.5 Å². The number of nitrogens with one attached hydrogen (secondary N) is 3. The first-order valence-electron chi connectivity index (χ1n) is 34.5. The van der Waals surface area contributed by atoms with Crippen molar-refractivity contribution in [2.75, 3.05) is 97.5 Å². The number of rotatable bonds is 8. The molecule has 0 aromatic carbocycles. The molecule has 0 saturated carbocycles. The number of aromatic nitrogens is 8. The summed E-state index contributed by atoms with van der Waals surface area (Å²) in [4.78, 5) is 104. The Balaban J connectivity index is 0.000000173. The minimum absolute atomic E-state index is 0.0764. The monoisotopic (exact) mass is 1770 g/mol. The van der Waals surface area contributed by atoms with Crippen molar-refractivity contribution in [3.63, 3.8) is 0 Å². The van der Waals surface area contributed by atoms with Crippen molar-refractivity contribution in [3.8, 4) is 35.8 Å². The summed E-state index contributed by atoms with van der Waals surface area (Å²) in [5.41, 5.74) is 15.1. The minimum Gasteiger partial charge on any atom is -0.364 e. The number of pyridine rings is 6.